The van der Waals surface area contributed by atoms with Crippen LogP contribution in [0.4, 0.5) is 5.69 Å². The number of aromatic amines is 1. The number of aryl methyl sites for hydroxylation is 1. The average Bonchev–Trinajstić information content (AvgIpc) is 3.21. The van der Waals surface area contributed by atoms with Gasteiger partial charge in [0.15, 0.2) is 0 Å². The minimum absolute atomic E-state index is 0.0115. The molecule has 4 aromatic rings. The molecule has 0 fully saturated rings. The van der Waals surface area contributed by atoms with E-state index >= 15 is 0 Å². The first kappa shape index (κ1) is 23.9. The Morgan fingerprint density at radius 3 is 2.69 bits per heavy atom. The molecular formula is C31H33N3O2. The van der Waals surface area contributed by atoms with E-state index in [-0.39, 0.29) is 5.91 Å². The highest BCUT2D eigenvalue weighted by molar-refractivity contribution is 5.98. The van der Waals surface area contributed by atoms with E-state index < -0.39 is 0 Å². The number of benzene rings is 3. The van der Waals surface area contributed by atoms with Crippen molar-refractivity contribution in [3.63, 3.8) is 0 Å². The first-order valence-electron chi connectivity index (χ1n) is 12.8. The molecule has 0 saturated heterocycles. The van der Waals surface area contributed by atoms with Crippen LogP contribution in [0.3, 0.4) is 0 Å². The van der Waals surface area contributed by atoms with Crippen LogP contribution in [-0.4, -0.2) is 34.7 Å². The topological polar surface area (TPSA) is 57.7 Å². The van der Waals surface area contributed by atoms with Gasteiger partial charge in [0, 0.05) is 28.7 Å². The van der Waals surface area contributed by atoms with E-state index in [0.717, 1.165) is 51.9 Å². The molecule has 1 amide bonds. The number of aliphatic imine (C=N–C) groups is 1. The lowest BCUT2D eigenvalue weighted by molar-refractivity contribution is 0.0728. The van der Waals surface area contributed by atoms with Gasteiger partial charge in [-0.15, -0.1) is 0 Å². The molecule has 0 radical (unpaired) electrons. The number of nitrogens with one attached hydrogen (secondary N) is 1. The SMILES string of the molecule is CCCCC(C)=Nc1cc(-c2ccc3c(c2)CN(C(=O)c2cc4ccccc4[nH]2)CCO3)ccc1C. The number of para-hydroxylation sites is 1. The molecule has 0 unspecified atom stereocenters. The van der Waals surface area contributed by atoms with E-state index in [4.69, 9.17) is 9.73 Å². The molecular weight excluding hydrogens is 446 g/mol. The van der Waals surface area contributed by atoms with Crippen molar-refractivity contribution in [1.82, 2.24) is 9.88 Å². The Morgan fingerprint density at radius 2 is 1.86 bits per heavy atom. The number of H-pyrrole nitrogens is 1. The second-order valence-electron chi connectivity index (χ2n) is 9.62. The molecule has 1 aliphatic heterocycles. The summed E-state index contributed by atoms with van der Waals surface area (Å²) in [6.45, 7) is 7.94. The molecule has 1 aliphatic rings. The minimum Gasteiger partial charge on any atom is -0.491 e. The van der Waals surface area contributed by atoms with Gasteiger partial charge < -0.3 is 14.6 Å². The fraction of sp³-hybridized carbons (Fsp3) is 0.290. The van der Waals surface area contributed by atoms with E-state index in [2.05, 4.69) is 56.1 Å². The number of carbonyl (C=O) groups excluding carboxylic acids is 1. The normalized spacial score (nSPS) is 13.9. The number of ether oxygens (including phenoxy) is 1. The summed E-state index contributed by atoms with van der Waals surface area (Å²) in [5.41, 5.74) is 8.15. The van der Waals surface area contributed by atoms with Gasteiger partial charge in [0.25, 0.3) is 5.91 Å². The number of carbonyl (C=O) groups is 1. The number of unbranched alkanes of at least 4 members (excludes halogenated alkanes) is 1. The van der Waals surface area contributed by atoms with Crippen LogP contribution in [0.2, 0.25) is 0 Å². The molecule has 0 bridgehead atoms. The van der Waals surface area contributed by atoms with Crippen LogP contribution in [0.1, 0.15) is 54.7 Å². The van der Waals surface area contributed by atoms with E-state index in [1.807, 2.05) is 41.3 Å². The first-order valence-corrected chi connectivity index (χ1v) is 12.8. The summed E-state index contributed by atoms with van der Waals surface area (Å²) >= 11 is 0. The van der Waals surface area contributed by atoms with E-state index in [9.17, 15) is 4.79 Å². The van der Waals surface area contributed by atoms with Gasteiger partial charge in [-0.2, -0.15) is 0 Å². The fourth-order valence-electron chi connectivity index (χ4n) is 4.71. The maximum atomic E-state index is 13.4. The number of hydrogen-bond donors (Lipinski definition) is 1. The summed E-state index contributed by atoms with van der Waals surface area (Å²) in [5, 5.41) is 1.04. The monoisotopic (exact) mass is 479 g/mol. The third-order valence-electron chi connectivity index (χ3n) is 6.83. The van der Waals surface area contributed by atoms with Crippen molar-refractivity contribution >= 4 is 28.2 Å². The Balaban J connectivity index is 1.41. The maximum absolute atomic E-state index is 13.4. The number of fused-ring (bicyclic) bond motifs is 2. The van der Waals surface area contributed by atoms with Gasteiger partial charge in [0.2, 0.25) is 0 Å². The summed E-state index contributed by atoms with van der Waals surface area (Å²) in [7, 11) is 0. The Morgan fingerprint density at radius 1 is 1.06 bits per heavy atom. The summed E-state index contributed by atoms with van der Waals surface area (Å²) in [5.74, 6) is 0.828. The molecule has 1 aromatic heterocycles. The molecule has 36 heavy (non-hydrogen) atoms. The Kier molecular flexibility index (Phi) is 6.90. The third-order valence-corrected chi connectivity index (χ3v) is 6.83. The number of nitrogens with zero attached hydrogens (tertiary/aromatic N) is 2. The Labute approximate surface area is 212 Å². The van der Waals surface area contributed by atoms with Crippen molar-refractivity contribution in [2.45, 2.75) is 46.6 Å². The van der Waals surface area contributed by atoms with Gasteiger partial charge in [-0.25, -0.2) is 0 Å². The smallest absolute Gasteiger partial charge is 0.270 e. The highest BCUT2D eigenvalue weighted by Crippen LogP contribution is 2.33. The molecule has 0 saturated carbocycles. The standard InChI is InChI=1S/C31H33N3O2/c1-4-5-8-22(3)32-28-18-24(12-11-21(28)2)23-13-14-30-26(17-23)20-34(15-16-36-30)31(35)29-19-25-9-6-7-10-27(25)33-29/h6-7,9-14,17-19,33H,4-5,8,15-16,20H2,1-3H3. The summed E-state index contributed by atoms with van der Waals surface area (Å²) in [6.07, 6.45) is 3.35. The van der Waals surface area contributed by atoms with Crippen molar-refractivity contribution in [2.75, 3.05) is 13.2 Å². The molecule has 2 heterocycles. The number of aromatic nitrogens is 1. The second-order valence-corrected chi connectivity index (χ2v) is 9.62. The minimum atomic E-state index is -0.0115. The molecule has 5 nitrogen and oxygen atoms in total. The summed E-state index contributed by atoms with van der Waals surface area (Å²) < 4.78 is 6.02. The number of amides is 1. The third kappa shape index (κ3) is 5.06. The zero-order chi connectivity index (χ0) is 25.1. The van der Waals surface area contributed by atoms with Crippen molar-refractivity contribution in [2.24, 2.45) is 4.99 Å². The van der Waals surface area contributed by atoms with Gasteiger partial charge in [0.1, 0.15) is 18.1 Å². The van der Waals surface area contributed by atoms with Crippen molar-refractivity contribution in [3.8, 4) is 16.9 Å². The van der Waals surface area contributed by atoms with Gasteiger partial charge in [-0.05, 0) is 73.7 Å². The highest BCUT2D eigenvalue weighted by Gasteiger charge is 2.23. The van der Waals surface area contributed by atoms with Gasteiger partial charge in [-0.3, -0.25) is 9.79 Å². The summed E-state index contributed by atoms with van der Waals surface area (Å²) in [6, 6.07) is 22.6. The lowest BCUT2D eigenvalue weighted by Crippen LogP contribution is -2.32. The zero-order valence-corrected chi connectivity index (χ0v) is 21.3. The van der Waals surface area contributed by atoms with Crippen LogP contribution >= 0.6 is 0 Å². The number of rotatable bonds is 6. The highest BCUT2D eigenvalue weighted by atomic mass is 16.5. The Hall–Kier alpha value is -3.86. The van der Waals surface area contributed by atoms with Crippen molar-refractivity contribution in [1.29, 1.82) is 0 Å². The predicted molar refractivity (Wildman–Crippen MR) is 147 cm³/mol. The lowest BCUT2D eigenvalue weighted by atomic mass is 10.00. The largest absolute Gasteiger partial charge is 0.491 e. The number of hydrogen-bond acceptors (Lipinski definition) is 3. The van der Waals surface area contributed by atoms with E-state index in [1.165, 1.54) is 17.7 Å². The molecule has 184 valence electrons. The molecule has 0 atom stereocenters. The maximum Gasteiger partial charge on any atom is 0.270 e. The van der Waals surface area contributed by atoms with Crippen LogP contribution in [0.5, 0.6) is 5.75 Å². The van der Waals surface area contributed by atoms with Crippen LogP contribution in [0, 0.1) is 6.92 Å². The molecule has 0 aliphatic carbocycles. The predicted octanol–water partition coefficient (Wildman–Crippen LogP) is 7.46. The zero-order valence-electron chi connectivity index (χ0n) is 21.3. The van der Waals surface area contributed by atoms with E-state index in [0.29, 0.717) is 25.4 Å². The van der Waals surface area contributed by atoms with E-state index in [1.54, 1.807) is 0 Å². The molecule has 5 heteroatoms. The molecule has 0 spiro atoms. The van der Waals surface area contributed by atoms with Crippen LogP contribution in [0.25, 0.3) is 22.0 Å². The quantitative estimate of drug-likeness (QED) is 0.292. The van der Waals surface area contributed by atoms with Crippen LogP contribution < -0.4 is 4.74 Å². The molecule has 1 N–H and O–H groups in total. The first-order chi connectivity index (χ1) is 17.5. The van der Waals surface area contributed by atoms with Crippen molar-refractivity contribution < 1.29 is 9.53 Å². The van der Waals surface area contributed by atoms with Crippen molar-refractivity contribution in [3.05, 3.63) is 83.6 Å². The van der Waals surface area contributed by atoms with Crippen LogP contribution in [-0.2, 0) is 6.54 Å². The fourth-order valence-corrected chi connectivity index (χ4v) is 4.71. The Bertz CT molecular complexity index is 1400. The average molecular weight is 480 g/mol. The summed E-state index contributed by atoms with van der Waals surface area (Å²) in [4.78, 5) is 23.4. The molecule has 5 rings (SSSR count). The van der Waals surface area contributed by atoms with Gasteiger partial charge >= 0.3 is 0 Å². The van der Waals surface area contributed by atoms with Gasteiger partial charge in [-0.1, -0.05) is 49.7 Å². The molecule has 3 aromatic carbocycles. The second kappa shape index (κ2) is 10.4. The van der Waals surface area contributed by atoms with Gasteiger partial charge in [0.05, 0.1) is 12.2 Å². The van der Waals surface area contributed by atoms with Crippen LogP contribution in [0.15, 0.2) is 71.7 Å². The lowest BCUT2D eigenvalue weighted by Gasteiger charge is -2.19.